The van der Waals surface area contributed by atoms with E-state index in [1.54, 1.807) is 36.7 Å². The molecule has 9 atom stereocenters. The Morgan fingerprint density at radius 3 is 2.23 bits per heavy atom. The van der Waals surface area contributed by atoms with Gasteiger partial charge in [0.25, 0.3) is 0 Å². The number of carboxylic acid groups (broad SMARTS) is 1. The van der Waals surface area contributed by atoms with E-state index in [9.17, 15) is 43.5 Å². The fourth-order valence-electron chi connectivity index (χ4n) is 10.1. The lowest BCUT2D eigenvalue weighted by atomic mass is 9.81. The van der Waals surface area contributed by atoms with Gasteiger partial charge in [-0.05, 0) is 55.1 Å². The van der Waals surface area contributed by atoms with Crippen molar-refractivity contribution >= 4 is 70.1 Å². The van der Waals surface area contributed by atoms with Crippen LogP contribution in [0.1, 0.15) is 102 Å². The molecule has 4 aromatic rings. The molecule has 4 aliphatic rings. The predicted octanol–water partition coefficient (Wildman–Crippen LogP) is -1.32. The number of aliphatic carboxylic acids is 1. The number of carbonyl (C=O) groups is 9. The molecule has 0 radical (unpaired) electrons. The molecule has 0 saturated carbocycles. The molecular weight excluding hydrogens is 997 g/mol. The van der Waals surface area contributed by atoms with Crippen molar-refractivity contribution in [3.05, 3.63) is 65.8 Å². The minimum atomic E-state index is -1.45. The number of nitrogens with one attached hydrogen (secondary N) is 10. The van der Waals surface area contributed by atoms with Crippen LogP contribution in [-0.4, -0.2) is 144 Å². The molecule has 0 unspecified atom stereocenters. The number of aromatic nitrogens is 5. The summed E-state index contributed by atoms with van der Waals surface area (Å²) in [6.07, 6.45) is 5.80. The first kappa shape index (κ1) is 56.4. The quantitative estimate of drug-likeness (QED) is 0.0285. The SMILES string of the molecule is CC(C)C[C@@H]1NC(=O)[C@@H](NC(=O)[C@@H]2CCC(=O)N2)[C@H](C(C)C)c2ccc3c4c([nH]c3c2)-n2cnc(c2)C[C@H](C(=O)N[C@@H](Cc2cnc[nH]2)C(=O)O)NC(=O)[C@H](CCCN=C(N)N)NC(=O)[C@H](C4)NC(=O)[C@H](C(C)C)NC1=O. The maximum Gasteiger partial charge on any atom is 0.326 e. The Morgan fingerprint density at radius 2 is 1.58 bits per heavy atom. The van der Waals surface area contributed by atoms with Crippen LogP contribution in [0.5, 0.6) is 0 Å². The molecule has 4 aliphatic heterocycles. The molecule has 1 saturated heterocycles. The maximum atomic E-state index is 15.0. The van der Waals surface area contributed by atoms with Gasteiger partial charge in [-0.3, -0.25) is 47.9 Å². The zero-order valence-electron chi connectivity index (χ0n) is 43.9. The zero-order chi connectivity index (χ0) is 55.8. The second kappa shape index (κ2) is 24.6. The first-order valence-electron chi connectivity index (χ1n) is 25.9. The molecule has 26 heteroatoms. The average Bonchev–Trinajstić information content (AvgIpc) is 4.23. The minimum absolute atomic E-state index is 0.0512. The van der Waals surface area contributed by atoms with Crippen LogP contribution in [0.15, 0.2) is 48.2 Å². The van der Waals surface area contributed by atoms with Crippen molar-refractivity contribution in [3.8, 4) is 5.82 Å². The number of amides is 8. The molecule has 15 N–H and O–H groups in total. The molecule has 8 rings (SSSR count). The van der Waals surface area contributed by atoms with Crippen LogP contribution in [0.25, 0.3) is 16.7 Å². The molecule has 8 amide bonds. The lowest BCUT2D eigenvalue weighted by molar-refractivity contribution is -0.142. The number of imidazole rings is 2. The molecule has 0 spiro atoms. The lowest BCUT2D eigenvalue weighted by Crippen LogP contribution is -2.62. The first-order valence-corrected chi connectivity index (χ1v) is 25.9. The average molecular weight is 1070 g/mol. The van der Waals surface area contributed by atoms with Gasteiger partial charge in [0.2, 0.25) is 47.3 Å². The van der Waals surface area contributed by atoms with Crippen LogP contribution in [-0.2, 0) is 62.4 Å². The fourth-order valence-corrected chi connectivity index (χ4v) is 10.1. The number of carboxylic acids is 1. The van der Waals surface area contributed by atoms with E-state index in [1.807, 2.05) is 33.8 Å². The van der Waals surface area contributed by atoms with Gasteiger partial charge in [-0.1, -0.05) is 53.7 Å². The molecule has 1 aromatic carbocycles. The molecule has 7 heterocycles. The second-order valence-corrected chi connectivity index (χ2v) is 21.1. The van der Waals surface area contributed by atoms with E-state index in [4.69, 9.17) is 11.5 Å². The zero-order valence-corrected chi connectivity index (χ0v) is 43.9. The van der Waals surface area contributed by atoms with Crippen molar-refractivity contribution in [1.82, 2.24) is 67.0 Å². The third-order valence-electron chi connectivity index (χ3n) is 14.0. The number of hydrogen-bond donors (Lipinski definition) is 13. The van der Waals surface area contributed by atoms with Gasteiger partial charge in [-0.25, -0.2) is 14.8 Å². The Bertz CT molecular complexity index is 2890. The van der Waals surface area contributed by atoms with Crippen molar-refractivity contribution in [3.63, 3.8) is 0 Å². The summed E-state index contributed by atoms with van der Waals surface area (Å²) in [5.74, 6) is -8.50. The van der Waals surface area contributed by atoms with Gasteiger partial charge >= 0.3 is 5.97 Å². The lowest BCUT2D eigenvalue weighted by Gasteiger charge is -2.33. The standard InChI is InChI=1S/C51H70N16O10/c1-23(2)14-34-47(73)65-40(25(5)6)48(74)63-36-18-30-29-10-9-26(39(24(3)4)41(49(75)62-34)66-44(70)32-11-12-38(68)58-32)15-33(29)59-42(30)67-20-28(57-22-67)17-35(45(71)64-37(50(76)77)16-27-19-54-21-56-27)61-43(69)31(60-46(36)72)8-7-13-55-51(52)53/h9-10,15,19-25,31-32,34-37,39-41,59H,7-8,11-14,16-18H2,1-6H3,(H,54,56)(H,58,68)(H,60,72)(H,61,69)(H,62,75)(H,63,74)(H,64,71)(H,65,73)(H,66,70)(H,76,77)(H4,52,53,55)/t31-,32-,34-,35+,36-,37-,39+,40-,41-/m0/s1. The molecule has 414 valence electrons. The Morgan fingerprint density at radius 1 is 0.844 bits per heavy atom. The minimum Gasteiger partial charge on any atom is -0.480 e. The summed E-state index contributed by atoms with van der Waals surface area (Å²) >= 11 is 0. The monoisotopic (exact) mass is 1070 g/mol. The highest BCUT2D eigenvalue weighted by Crippen LogP contribution is 2.35. The number of nitrogens with zero attached hydrogens (tertiary/aromatic N) is 4. The van der Waals surface area contributed by atoms with E-state index in [-0.39, 0.29) is 87.3 Å². The highest BCUT2D eigenvalue weighted by atomic mass is 16.4. The van der Waals surface area contributed by atoms with Gasteiger partial charge < -0.3 is 69.1 Å². The highest BCUT2D eigenvalue weighted by molar-refractivity contribution is 5.99. The number of carbonyl (C=O) groups excluding carboxylic acids is 8. The molecule has 77 heavy (non-hydrogen) atoms. The Hall–Kier alpha value is -8.32. The number of aliphatic imine (C=N–C) groups is 1. The summed E-state index contributed by atoms with van der Waals surface area (Å²) in [4.78, 5) is 146. The Labute approximate surface area is 443 Å². The molecule has 7 bridgehead atoms. The first-order chi connectivity index (χ1) is 36.6. The van der Waals surface area contributed by atoms with Crippen LogP contribution in [0.3, 0.4) is 0 Å². The normalized spacial score (nSPS) is 23.9. The van der Waals surface area contributed by atoms with Crippen molar-refractivity contribution in [2.24, 2.45) is 34.2 Å². The molecule has 3 aromatic heterocycles. The van der Waals surface area contributed by atoms with Crippen LogP contribution in [0.2, 0.25) is 0 Å². The van der Waals surface area contributed by atoms with E-state index in [2.05, 4.69) is 67.5 Å². The number of H-pyrrole nitrogens is 2. The predicted molar refractivity (Wildman–Crippen MR) is 279 cm³/mol. The largest absolute Gasteiger partial charge is 0.480 e. The van der Waals surface area contributed by atoms with E-state index in [1.165, 1.54) is 18.9 Å². The highest BCUT2D eigenvalue weighted by Gasteiger charge is 2.41. The van der Waals surface area contributed by atoms with Crippen molar-refractivity contribution in [1.29, 1.82) is 0 Å². The second-order valence-electron chi connectivity index (χ2n) is 21.1. The molecular formula is C51H70N16O10. The van der Waals surface area contributed by atoms with E-state index < -0.39 is 107 Å². The summed E-state index contributed by atoms with van der Waals surface area (Å²) in [5.41, 5.74) is 13.5. The van der Waals surface area contributed by atoms with E-state index in [0.29, 0.717) is 33.5 Å². The third-order valence-corrected chi connectivity index (χ3v) is 14.0. The Balaban J connectivity index is 1.39. The van der Waals surface area contributed by atoms with Gasteiger partial charge in [0.05, 0.1) is 12.0 Å². The van der Waals surface area contributed by atoms with Crippen molar-refractivity contribution in [2.45, 2.75) is 147 Å². The van der Waals surface area contributed by atoms with Crippen molar-refractivity contribution in [2.75, 3.05) is 6.54 Å². The Kier molecular flexibility index (Phi) is 18.0. The maximum absolute atomic E-state index is 15.0. The smallest absolute Gasteiger partial charge is 0.326 e. The van der Waals surface area contributed by atoms with Crippen LogP contribution in [0, 0.1) is 17.8 Å². The number of benzene rings is 1. The summed E-state index contributed by atoms with van der Waals surface area (Å²) < 4.78 is 1.62. The molecule has 0 aliphatic carbocycles. The van der Waals surface area contributed by atoms with Crippen LogP contribution in [0.4, 0.5) is 0 Å². The number of fused-ring (bicyclic) bond motifs is 13. The molecule has 1 fully saturated rings. The summed E-state index contributed by atoms with van der Waals surface area (Å²) in [7, 11) is 0. The van der Waals surface area contributed by atoms with E-state index in [0.717, 1.165) is 0 Å². The fraction of sp³-hybridized carbons (Fsp3) is 0.529. The van der Waals surface area contributed by atoms with Gasteiger partial charge in [0.15, 0.2) is 5.96 Å². The number of rotatable bonds is 15. The third kappa shape index (κ3) is 13.9. The summed E-state index contributed by atoms with van der Waals surface area (Å²) in [5, 5.41) is 33.0. The summed E-state index contributed by atoms with van der Waals surface area (Å²) in [6.45, 7) is 10.9. The summed E-state index contributed by atoms with van der Waals surface area (Å²) in [6, 6.07) is -4.98. The number of nitrogens with two attached hydrogens (primary N) is 2. The van der Waals surface area contributed by atoms with Gasteiger partial charge in [-0.2, -0.15) is 0 Å². The van der Waals surface area contributed by atoms with Crippen LogP contribution >= 0.6 is 0 Å². The topological polar surface area (TPSA) is 397 Å². The number of guanidine groups is 1. The molecule has 26 nitrogen and oxygen atoms in total. The van der Waals surface area contributed by atoms with Crippen molar-refractivity contribution < 1.29 is 48.3 Å². The number of aromatic amines is 2. The van der Waals surface area contributed by atoms with E-state index >= 15 is 4.79 Å². The van der Waals surface area contributed by atoms with Gasteiger partial charge in [0, 0.05) is 72.7 Å². The number of hydrogen-bond acceptors (Lipinski definition) is 12. The van der Waals surface area contributed by atoms with Gasteiger partial charge in [-0.15, -0.1) is 0 Å². The van der Waals surface area contributed by atoms with Gasteiger partial charge in [0.1, 0.15) is 60.5 Å². The van der Waals surface area contributed by atoms with Crippen LogP contribution < -0.4 is 54.0 Å².